The number of nitrogens with zero attached hydrogens (tertiary/aromatic N) is 1. The van der Waals surface area contributed by atoms with Crippen LogP contribution in [0.25, 0.3) is 0 Å². The van der Waals surface area contributed by atoms with Gasteiger partial charge in [0.2, 0.25) is 0 Å². The Balaban J connectivity index is 2.29. The van der Waals surface area contributed by atoms with Gasteiger partial charge in [-0.3, -0.25) is 4.98 Å². The first kappa shape index (κ1) is 11.6. The molecule has 2 rings (SSSR count). The highest BCUT2D eigenvalue weighted by atomic mass is 14.7. The van der Waals surface area contributed by atoms with E-state index in [1.165, 1.54) is 49.1 Å². The van der Waals surface area contributed by atoms with E-state index in [2.05, 4.69) is 32.9 Å². The van der Waals surface area contributed by atoms with Gasteiger partial charge >= 0.3 is 0 Å². The molecular formula is C15H23N. The highest BCUT2D eigenvalue weighted by Gasteiger charge is 2.26. The standard InChI is InChI=1S/C15H23N/c1-4-6-13-9-10-14(12-7-8-12)16-15(13)11(3)5-2/h9-12H,4-8H2,1-3H3. The van der Waals surface area contributed by atoms with E-state index in [-0.39, 0.29) is 0 Å². The summed E-state index contributed by atoms with van der Waals surface area (Å²) >= 11 is 0. The van der Waals surface area contributed by atoms with Crippen molar-refractivity contribution in [2.24, 2.45) is 0 Å². The summed E-state index contributed by atoms with van der Waals surface area (Å²) in [5.74, 6) is 1.39. The van der Waals surface area contributed by atoms with Gasteiger partial charge in [0.05, 0.1) is 0 Å². The third kappa shape index (κ3) is 2.45. The lowest BCUT2D eigenvalue weighted by Gasteiger charge is -2.15. The largest absolute Gasteiger partial charge is 0.257 e. The number of hydrogen-bond donors (Lipinski definition) is 0. The molecule has 1 aromatic heterocycles. The quantitative estimate of drug-likeness (QED) is 0.711. The van der Waals surface area contributed by atoms with Gasteiger partial charge < -0.3 is 0 Å². The summed E-state index contributed by atoms with van der Waals surface area (Å²) in [6.45, 7) is 6.80. The third-order valence-electron chi connectivity index (χ3n) is 3.63. The fourth-order valence-electron chi connectivity index (χ4n) is 2.23. The molecular weight excluding hydrogens is 194 g/mol. The fraction of sp³-hybridized carbons (Fsp3) is 0.667. The Morgan fingerprint density at radius 1 is 1.31 bits per heavy atom. The smallest absolute Gasteiger partial charge is 0.0467 e. The Hall–Kier alpha value is -0.850. The summed E-state index contributed by atoms with van der Waals surface area (Å²) in [5.41, 5.74) is 4.19. The predicted octanol–water partition coefficient (Wildman–Crippen LogP) is 4.43. The van der Waals surface area contributed by atoms with Crippen molar-refractivity contribution < 1.29 is 0 Å². The topological polar surface area (TPSA) is 12.9 Å². The van der Waals surface area contributed by atoms with Crippen molar-refractivity contribution in [3.8, 4) is 0 Å². The Morgan fingerprint density at radius 3 is 2.62 bits per heavy atom. The lowest BCUT2D eigenvalue weighted by atomic mass is 9.96. The van der Waals surface area contributed by atoms with Crippen molar-refractivity contribution in [2.75, 3.05) is 0 Å². The van der Waals surface area contributed by atoms with Crippen LogP contribution in [0, 0.1) is 0 Å². The van der Waals surface area contributed by atoms with Crippen LogP contribution in [0.2, 0.25) is 0 Å². The Labute approximate surface area is 99.3 Å². The van der Waals surface area contributed by atoms with Gasteiger partial charge in [-0.15, -0.1) is 0 Å². The van der Waals surface area contributed by atoms with Crippen LogP contribution >= 0.6 is 0 Å². The zero-order valence-electron chi connectivity index (χ0n) is 10.8. The number of pyridine rings is 1. The van der Waals surface area contributed by atoms with Crippen molar-refractivity contribution in [2.45, 2.75) is 64.7 Å². The van der Waals surface area contributed by atoms with Gasteiger partial charge in [0.1, 0.15) is 0 Å². The molecule has 1 unspecified atom stereocenters. The van der Waals surface area contributed by atoms with Crippen molar-refractivity contribution in [3.05, 3.63) is 29.1 Å². The van der Waals surface area contributed by atoms with Crippen LogP contribution in [0.3, 0.4) is 0 Å². The molecule has 1 saturated carbocycles. The van der Waals surface area contributed by atoms with Crippen molar-refractivity contribution >= 4 is 0 Å². The molecule has 16 heavy (non-hydrogen) atoms. The van der Waals surface area contributed by atoms with Crippen LogP contribution < -0.4 is 0 Å². The Bertz CT molecular complexity index is 352. The second-order valence-corrected chi connectivity index (χ2v) is 5.11. The summed E-state index contributed by atoms with van der Waals surface area (Å²) in [6, 6.07) is 4.58. The minimum absolute atomic E-state index is 0.611. The predicted molar refractivity (Wildman–Crippen MR) is 68.9 cm³/mol. The lowest BCUT2D eigenvalue weighted by molar-refractivity contribution is 0.684. The molecule has 1 aliphatic rings. The SMILES string of the molecule is CCCc1ccc(C2CC2)nc1C(C)CC. The first-order valence-electron chi connectivity index (χ1n) is 6.76. The van der Waals surface area contributed by atoms with E-state index >= 15 is 0 Å². The summed E-state index contributed by atoms with van der Waals surface area (Å²) in [7, 11) is 0. The van der Waals surface area contributed by atoms with E-state index < -0.39 is 0 Å². The van der Waals surface area contributed by atoms with Gasteiger partial charge in [0.25, 0.3) is 0 Å². The van der Waals surface area contributed by atoms with Gasteiger partial charge in [0, 0.05) is 17.3 Å². The molecule has 0 aliphatic heterocycles. The zero-order valence-corrected chi connectivity index (χ0v) is 10.8. The average molecular weight is 217 g/mol. The second kappa shape index (κ2) is 4.99. The number of rotatable bonds is 5. The molecule has 0 saturated heterocycles. The number of hydrogen-bond acceptors (Lipinski definition) is 1. The molecule has 1 heteroatoms. The van der Waals surface area contributed by atoms with E-state index in [4.69, 9.17) is 4.98 Å². The maximum atomic E-state index is 4.92. The molecule has 1 nitrogen and oxygen atoms in total. The van der Waals surface area contributed by atoms with E-state index in [9.17, 15) is 0 Å². The summed E-state index contributed by atoms with van der Waals surface area (Å²) in [4.78, 5) is 4.92. The Kier molecular flexibility index (Phi) is 3.63. The van der Waals surface area contributed by atoms with Crippen molar-refractivity contribution in [1.29, 1.82) is 0 Å². The van der Waals surface area contributed by atoms with Crippen LogP contribution in [-0.2, 0) is 6.42 Å². The van der Waals surface area contributed by atoms with E-state index in [1.54, 1.807) is 0 Å². The third-order valence-corrected chi connectivity index (χ3v) is 3.63. The molecule has 0 N–H and O–H groups in total. The van der Waals surface area contributed by atoms with E-state index in [0.29, 0.717) is 5.92 Å². The molecule has 0 aromatic carbocycles. The van der Waals surface area contributed by atoms with Crippen LogP contribution in [0.4, 0.5) is 0 Å². The normalized spacial score (nSPS) is 17.4. The molecule has 88 valence electrons. The fourth-order valence-corrected chi connectivity index (χ4v) is 2.23. The van der Waals surface area contributed by atoms with Gasteiger partial charge in [-0.05, 0) is 43.2 Å². The first-order chi connectivity index (χ1) is 7.76. The Morgan fingerprint density at radius 2 is 2.06 bits per heavy atom. The molecule has 1 fully saturated rings. The zero-order chi connectivity index (χ0) is 11.5. The molecule has 0 bridgehead atoms. The van der Waals surface area contributed by atoms with Crippen LogP contribution in [0.5, 0.6) is 0 Å². The number of aryl methyl sites for hydroxylation is 1. The molecule has 1 aliphatic carbocycles. The maximum Gasteiger partial charge on any atom is 0.0467 e. The van der Waals surface area contributed by atoms with Gasteiger partial charge in [-0.25, -0.2) is 0 Å². The summed E-state index contributed by atoms with van der Waals surface area (Å²) < 4.78 is 0. The highest BCUT2D eigenvalue weighted by molar-refractivity contribution is 5.28. The van der Waals surface area contributed by atoms with Crippen LogP contribution in [0.15, 0.2) is 12.1 Å². The molecule has 0 radical (unpaired) electrons. The maximum absolute atomic E-state index is 4.92. The second-order valence-electron chi connectivity index (χ2n) is 5.11. The molecule has 1 atom stereocenters. The highest BCUT2D eigenvalue weighted by Crippen LogP contribution is 2.39. The molecule has 0 spiro atoms. The summed E-state index contributed by atoms with van der Waals surface area (Å²) in [5, 5.41) is 0. The first-order valence-corrected chi connectivity index (χ1v) is 6.76. The molecule has 1 heterocycles. The molecule has 1 aromatic rings. The van der Waals surface area contributed by atoms with Gasteiger partial charge in [-0.1, -0.05) is 33.3 Å². The monoisotopic (exact) mass is 217 g/mol. The minimum Gasteiger partial charge on any atom is -0.257 e. The van der Waals surface area contributed by atoms with Crippen LogP contribution in [-0.4, -0.2) is 4.98 Å². The van der Waals surface area contributed by atoms with E-state index in [1.807, 2.05) is 0 Å². The average Bonchev–Trinajstić information content (AvgIpc) is 3.13. The van der Waals surface area contributed by atoms with Crippen LogP contribution in [0.1, 0.15) is 75.2 Å². The van der Waals surface area contributed by atoms with Crippen molar-refractivity contribution in [1.82, 2.24) is 4.98 Å². The van der Waals surface area contributed by atoms with E-state index in [0.717, 1.165) is 5.92 Å². The number of aromatic nitrogens is 1. The lowest BCUT2D eigenvalue weighted by Crippen LogP contribution is -2.04. The van der Waals surface area contributed by atoms with Gasteiger partial charge in [0.15, 0.2) is 0 Å². The molecule has 0 amide bonds. The summed E-state index contributed by atoms with van der Waals surface area (Å²) in [6.07, 6.45) is 6.28. The van der Waals surface area contributed by atoms with Crippen molar-refractivity contribution in [3.63, 3.8) is 0 Å². The van der Waals surface area contributed by atoms with Gasteiger partial charge in [-0.2, -0.15) is 0 Å². The minimum atomic E-state index is 0.611.